The van der Waals surface area contributed by atoms with Gasteiger partial charge in [-0.15, -0.1) is 5.10 Å². The number of carbonyl (C=O) groups excluding carboxylic acids is 2. The first-order valence-corrected chi connectivity index (χ1v) is 10.7. The topological polar surface area (TPSA) is 71.3 Å². The van der Waals surface area contributed by atoms with Crippen LogP contribution in [0.3, 0.4) is 0 Å². The zero-order chi connectivity index (χ0) is 23.2. The Bertz CT molecular complexity index is 1240. The Hall–Kier alpha value is -4.26. The normalized spacial score (nSPS) is 10.6. The van der Waals surface area contributed by atoms with Gasteiger partial charge in [0.05, 0.1) is 23.1 Å². The Balaban J connectivity index is 1.51. The fourth-order valence-electron chi connectivity index (χ4n) is 3.55. The molecule has 0 atom stereocenters. The zero-order valence-electron chi connectivity index (χ0n) is 18.6. The molecule has 3 aromatic carbocycles. The monoisotopic (exact) mass is 439 g/mol. The van der Waals surface area contributed by atoms with Crippen molar-refractivity contribution in [2.75, 3.05) is 25.5 Å². The molecule has 33 heavy (non-hydrogen) atoms. The summed E-state index contributed by atoms with van der Waals surface area (Å²) in [6.07, 6.45) is 2.34. The number of likely N-dealkylation sites (N-methyl/N-ethyl adjacent to an activating group) is 1. The molecule has 0 saturated carbocycles. The lowest BCUT2D eigenvalue weighted by Crippen LogP contribution is -2.33. The van der Waals surface area contributed by atoms with Crippen LogP contribution in [0.2, 0.25) is 0 Å². The molecule has 2 amide bonds. The second-order valence-corrected chi connectivity index (χ2v) is 7.73. The lowest BCUT2D eigenvalue weighted by molar-refractivity contribution is 0.0797. The number of hydrogen-bond acceptors (Lipinski definition) is 4. The fourth-order valence-corrected chi connectivity index (χ4v) is 3.55. The van der Waals surface area contributed by atoms with Gasteiger partial charge in [0.15, 0.2) is 5.69 Å². The molecule has 7 heteroatoms. The van der Waals surface area contributed by atoms with Gasteiger partial charge < -0.3 is 9.80 Å². The minimum Gasteiger partial charge on any atom is -0.341 e. The number of rotatable bonds is 7. The molecule has 0 radical (unpaired) electrons. The summed E-state index contributed by atoms with van der Waals surface area (Å²) in [4.78, 5) is 29.4. The number of amides is 2. The van der Waals surface area contributed by atoms with Crippen molar-refractivity contribution in [3.05, 3.63) is 108 Å². The summed E-state index contributed by atoms with van der Waals surface area (Å²) in [6.45, 7) is 0.570. The summed E-state index contributed by atoms with van der Waals surface area (Å²) in [7, 11) is 3.41. The summed E-state index contributed by atoms with van der Waals surface area (Å²) < 4.78 is 1.55. The van der Waals surface area contributed by atoms with E-state index < -0.39 is 0 Å². The molecule has 0 spiro atoms. The zero-order valence-corrected chi connectivity index (χ0v) is 18.6. The largest absolute Gasteiger partial charge is 0.341 e. The number of nitrogens with zero attached hydrogens (tertiary/aromatic N) is 5. The van der Waals surface area contributed by atoms with Gasteiger partial charge in [-0.25, -0.2) is 4.68 Å². The van der Waals surface area contributed by atoms with E-state index in [1.807, 2.05) is 60.7 Å². The van der Waals surface area contributed by atoms with Crippen LogP contribution in [-0.2, 0) is 6.42 Å². The number of carbonyl (C=O) groups is 2. The van der Waals surface area contributed by atoms with Gasteiger partial charge >= 0.3 is 0 Å². The van der Waals surface area contributed by atoms with Crippen molar-refractivity contribution in [2.24, 2.45) is 0 Å². The first-order chi connectivity index (χ1) is 16.0. The van der Waals surface area contributed by atoms with Crippen molar-refractivity contribution in [1.29, 1.82) is 0 Å². The molecule has 0 bridgehead atoms. The van der Waals surface area contributed by atoms with Crippen LogP contribution in [0.25, 0.3) is 5.69 Å². The molecule has 4 rings (SSSR count). The molecule has 4 aromatic rings. The van der Waals surface area contributed by atoms with E-state index in [1.165, 1.54) is 10.5 Å². The summed E-state index contributed by atoms with van der Waals surface area (Å²) in [6, 6.07) is 26.6. The number of benzene rings is 3. The Labute approximate surface area is 192 Å². The third kappa shape index (κ3) is 4.98. The third-order valence-electron chi connectivity index (χ3n) is 5.46. The van der Waals surface area contributed by atoms with Crippen molar-refractivity contribution in [3.63, 3.8) is 0 Å². The summed E-state index contributed by atoms with van der Waals surface area (Å²) >= 11 is 0. The maximum atomic E-state index is 13.2. The number of hydrogen-bond donors (Lipinski definition) is 0. The van der Waals surface area contributed by atoms with Crippen molar-refractivity contribution >= 4 is 17.5 Å². The Morgan fingerprint density at radius 1 is 0.818 bits per heavy atom. The average molecular weight is 440 g/mol. The van der Waals surface area contributed by atoms with E-state index in [9.17, 15) is 9.59 Å². The van der Waals surface area contributed by atoms with E-state index in [1.54, 1.807) is 54.1 Å². The molecule has 0 saturated heterocycles. The number of para-hydroxylation sites is 2. The molecule has 0 aliphatic heterocycles. The van der Waals surface area contributed by atoms with E-state index in [2.05, 4.69) is 10.3 Å². The molecule has 0 fully saturated rings. The third-order valence-corrected chi connectivity index (χ3v) is 5.46. The van der Waals surface area contributed by atoms with Gasteiger partial charge in [-0.3, -0.25) is 9.59 Å². The van der Waals surface area contributed by atoms with Crippen LogP contribution in [0.15, 0.2) is 91.1 Å². The highest BCUT2D eigenvalue weighted by atomic mass is 16.2. The van der Waals surface area contributed by atoms with E-state index in [4.69, 9.17) is 0 Å². The first kappa shape index (κ1) is 22.0. The number of anilines is 1. The molecule has 0 N–H and O–H groups in total. The van der Waals surface area contributed by atoms with Gasteiger partial charge in [-0.2, -0.15) is 0 Å². The molecule has 1 aromatic heterocycles. The van der Waals surface area contributed by atoms with Gasteiger partial charge in [0.25, 0.3) is 11.8 Å². The number of aromatic nitrogens is 3. The van der Waals surface area contributed by atoms with Gasteiger partial charge in [0, 0.05) is 20.6 Å². The summed E-state index contributed by atoms with van der Waals surface area (Å²) in [5.74, 6) is -0.488. The van der Waals surface area contributed by atoms with Crippen molar-refractivity contribution < 1.29 is 9.59 Å². The van der Waals surface area contributed by atoms with Crippen molar-refractivity contribution in [2.45, 2.75) is 6.42 Å². The Morgan fingerprint density at radius 3 is 2.18 bits per heavy atom. The van der Waals surface area contributed by atoms with Gasteiger partial charge in [0.2, 0.25) is 0 Å². The van der Waals surface area contributed by atoms with E-state index in [-0.39, 0.29) is 17.5 Å². The Kier molecular flexibility index (Phi) is 6.59. The quantitative estimate of drug-likeness (QED) is 0.438. The van der Waals surface area contributed by atoms with E-state index in [0.29, 0.717) is 17.8 Å². The van der Waals surface area contributed by atoms with Gasteiger partial charge in [-0.1, -0.05) is 65.9 Å². The molecule has 0 unspecified atom stereocenters. The SMILES string of the molecule is CN(CCc1ccccc1)C(=O)c1ccccc1N(C)C(=O)c1cn(-c2ccccc2)nn1. The molecule has 0 aliphatic rings. The van der Waals surface area contributed by atoms with Crippen LogP contribution in [-0.4, -0.2) is 52.3 Å². The second kappa shape index (κ2) is 9.91. The van der Waals surface area contributed by atoms with Gasteiger partial charge in [-0.05, 0) is 36.2 Å². The highest BCUT2D eigenvalue weighted by Gasteiger charge is 2.23. The minimum absolute atomic E-state index is 0.144. The Morgan fingerprint density at radius 2 is 1.45 bits per heavy atom. The standard InChI is InChI=1S/C26H25N5O2/c1-29(18-17-20-11-5-3-6-12-20)25(32)22-15-9-10-16-24(22)30(2)26(33)23-19-31(28-27-23)21-13-7-4-8-14-21/h3-16,19H,17-18H2,1-2H3. The van der Waals surface area contributed by atoms with E-state index in [0.717, 1.165) is 12.1 Å². The van der Waals surface area contributed by atoms with Crippen LogP contribution >= 0.6 is 0 Å². The van der Waals surface area contributed by atoms with Crippen LogP contribution in [0.4, 0.5) is 5.69 Å². The lowest BCUT2D eigenvalue weighted by atomic mass is 10.1. The maximum Gasteiger partial charge on any atom is 0.280 e. The highest BCUT2D eigenvalue weighted by molar-refractivity contribution is 6.09. The summed E-state index contributed by atoms with van der Waals surface area (Å²) in [5, 5.41) is 8.10. The van der Waals surface area contributed by atoms with Crippen molar-refractivity contribution in [1.82, 2.24) is 19.9 Å². The smallest absolute Gasteiger partial charge is 0.280 e. The van der Waals surface area contributed by atoms with Crippen LogP contribution in [0, 0.1) is 0 Å². The first-order valence-electron chi connectivity index (χ1n) is 10.7. The van der Waals surface area contributed by atoms with Crippen molar-refractivity contribution in [3.8, 4) is 5.69 Å². The lowest BCUT2D eigenvalue weighted by Gasteiger charge is -2.23. The molecule has 166 valence electrons. The van der Waals surface area contributed by atoms with Crippen LogP contribution in [0.5, 0.6) is 0 Å². The molecule has 7 nitrogen and oxygen atoms in total. The second-order valence-electron chi connectivity index (χ2n) is 7.73. The molecular weight excluding hydrogens is 414 g/mol. The molecule has 0 aliphatic carbocycles. The predicted molar refractivity (Wildman–Crippen MR) is 128 cm³/mol. The molecule has 1 heterocycles. The summed E-state index contributed by atoms with van der Waals surface area (Å²) in [5.41, 5.74) is 3.15. The fraction of sp³-hybridized carbons (Fsp3) is 0.154. The van der Waals surface area contributed by atoms with Gasteiger partial charge in [0.1, 0.15) is 0 Å². The van der Waals surface area contributed by atoms with Crippen LogP contribution in [0.1, 0.15) is 26.4 Å². The highest BCUT2D eigenvalue weighted by Crippen LogP contribution is 2.22. The average Bonchev–Trinajstić information content (AvgIpc) is 3.37. The minimum atomic E-state index is -0.343. The van der Waals surface area contributed by atoms with E-state index >= 15 is 0 Å². The maximum absolute atomic E-state index is 13.2. The predicted octanol–water partition coefficient (Wildman–Crippen LogP) is 3.86. The van der Waals surface area contributed by atoms with Crippen LogP contribution < -0.4 is 4.90 Å². The molecular formula is C26H25N5O2.